The van der Waals surface area contributed by atoms with Gasteiger partial charge in [0.2, 0.25) is 0 Å². The van der Waals surface area contributed by atoms with Crippen LogP contribution in [0.15, 0.2) is 59.8 Å². The molecule has 0 amide bonds. The summed E-state index contributed by atoms with van der Waals surface area (Å²) >= 11 is 0. The lowest BCUT2D eigenvalue weighted by molar-refractivity contribution is -0.384. The number of halogens is 3. The molecule has 0 spiro atoms. The van der Waals surface area contributed by atoms with Gasteiger partial charge in [-0.1, -0.05) is 26.0 Å². The quantitative estimate of drug-likeness (QED) is 0.162. The summed E-state index contributed by atoms with van der Waals surface area (Å²) in [6.45, 7) is 6.26. The molecule has 252 valence electrons. The Morgan fingerprint density at radius 2 is 1.72 bits per heavy atom. The minimum absolute atomic E-state index is 0.00605. The Hall–Kier alpha value is -4.37. The van der Waals surface area contributed by atoms with Crippen LogP contribution >= 0.6 is 0 Å². The Labute approximate surface area is 263 Å². The van der Waals surface area contributed by atoms with Crippen molar-refractivity contribution in [1.29, 1.82) is 0 Å². The summed E-state index contributed by atoms with van der Waals surface area (Å²) in [5.74, 6) is -5.01. The predicted molar refractivity (Wildman–Crippen MR) is 159 cm³/mol. The number of carbonyl (C=O) groups excluding carboxylic acids is 2. The summed E-state index contributed by atoms with van der Waals surface area (Å²) in [6.07, 6.45) is -6.53. The van der Waals surface area contributed by atoms with E-state index in [9.17, 15) is 38.0 Å². The highest BCUT2D eigenvalue weighted by molar-refractivity contribution is 5.93. The number of alkyl halides is 3. The number of nitro benzene ring substituents is 1. The molecule has 1 aliphatic rings. The third kappa shape index (κ3) is 8.88. The maximum absolute atomic E-state index is 14.2. The Bertz CT molecular complexity index is 1420. The summed E-state index contributed by atoms with van der Waals surface area (Å²) in [7, 11) is 0.910. The first kappa shape index (κ1) is 36.1. The second kappa shape index (κ2) is 15.3. The van der Waals surface area contributed by atoms with Crippen LogP contribution < -0.4 is 20.5 Å². The summed E-state index contributed by atoms with van der Waals surface area (Å²) < 4.78 is 64.0. The van der Waals surface area contributed by atoms with Gasteiger partial charge in [-0.3, -0.25) is 14.9 Å². The highest BCUT2D eigenvalue weighted by Gasteiger charge is 2.56. The van der Waals surface area contributed by atoms with Crippen LogP contribution in [0.4, 0.5) is 18.9 Å². The number of carbonyl (C=O) groups is 2. The van der Waals surface area contributed by atoms with E-state index in [1.807, 2.05) is 13.8 Å². The highest BCUT2D eigenvalue weighted by atomic mass is 19.4. The molecule has 6 atom stereocenters. The Balaban J connectivity index is 1.78. The van der Waals surface area contributed by atoms with Gasteiger partial charge in [-0.05, 0) is 49.6 Å². The van der Waals surface area contributed by atoms with E-state index >= 15 is 0 Å². The number of rotatable bonds is 13. The normalized spacial score (nSPS) is 20.3. The first-order chi connectivity index (χ1) is 21.5. The fraction of sp³-hybridized carbons (Fsp3) is 0.484. The molecule has 4 N–H and O–H groups in total. The van der Waals surface area contributed by atoms with Crippen molar-refractivity contribution in [3.8, 4) is 11.5 Å². The zero-order valence-electron chi connectivity index (χ0n) is 25.9. The number of hydrogen-bond acceptors (Lipinski definition) is 11. The Morgan fingerprint density at radius 3 is 2.28 bits per heavy atom. The van der Waals surface area contributed by atoms with Gasteiger partial charge in [0.15, 0.2) is 0 Å². The number of benzene rings is 2. The Kier molecular flexibility index (Phi) is 12.0. The fourth-order valence-electron chi connectivity index (χ4n) is 5.07. The molecule has 2 aromatic rings. The van der Waals surface area contributed by atoms with E-state index in [4.69, 9.17) is 24.7 Å². The minimum Gasteiger partial charge on any atom is -0.491 e. The van der Waals surface area contributed by atoms with Crippen molar-refractivity contribution < 1.29 is 51.7 Å². The van der Waals surface area contributed by atoms with Crippen molar-refractivity contribution in [1.82, 2.24) is 5.32 Å². The number of nitro groups is 1. The van der Waals surface area contributed by atoms with Crippen molar-refractivity contribution in [2.24, 2.45) is 17.6 Å². The third-order valence-corrected chi connectivity index (χ3v) is 7.54. The number of nitrogens with one attached hydrogen (secondary N) is 1. The SMILES string of the molecule is COC(=O)C1C(c2cccc([N+](=O)[O-])c2)C(C(=O)OCC(C)Oc2ccc(OCC(O)C(N)C(C)C)cc2)=C(C)NC1C(F)(F)F. The number of nitrogens with two attached hydrogens (primary N) is 1. The molecule has 0 saturated carbocycles. The number of methoxy groups -OCH3 is 1. The van der Waals surface area contributed by atoms with Crippen LogP contribution in [0.2, 0.25) is 0 Å². The highest BCUT2D eigenvalue weighted by Crippen LogP contribution is 2.45. The maximum Gasteiger partial charge on any atom is 0.409 e. The Morgan fingerprint density at radius 1 is 1.09 bits per heavy atom. The number of nitrogens with zero attached hydrogens (tertiary/aromatic N) is 1. The van der Waals surface area contributed by atoms with Crippen LogP contribution in [-0.2, 0) is 19.1 Å². The van der Waals surface area contributed by atoms with Crippen LogP contribution in [0.3, 0.4) is 0 Å². The van der Waals surface area contributed by atoms with Gasteiger partial charge >= 0.3 is 18.1 Å². The topological polar surface area (TPSA) is 172 Å². The van der Waals surface area contributed by atoms with E-state index < -0.39 is 64.9 Å². The van der Waals surface area contributed by atoms with Crippen molar-refractivity contribution in [3.63, 3.8) is 0 Å². The van der Waals surface area contributed by atoms with Crippen LogP contribution in [0.5, 0.6) is 11.5 Å². The summed E-state index contributed by atoms with van der Waals surface area (Å²) in [4.78, 5) is 37.0. The lowest BCUT2D eigenvalue weighted by Crippen LogP contribution is -2.56. The smallest absolute Gasteiger partial charge is 0.409 e. The number of esters is 2. The molecule has 1 aliphatic heterocycles. The fourth-order valence-corrected chi connectivity index (χ4v) is 5.07. The van der Waals surface area contributed by atoms with Gasteiger partial charge in [0.25, 0.3) is 5.69 Å². The van der Waals surface area contributed by atoms with Crippen LogP contribution in [-0.4, -0.2) is 72.8 Å². The van der Waals surface area contributed by atoms with E-state index in [0.29, 0.717) is 11.5 Å². The number of hydrogen-bond donors (Lipinski definition) is 3. The lowest BCUT2D eigenvalue weighted by Gasteiger charge is -2.40. The molecule has 1 heterocycles. The molecule has 6 unspecified atom stereocenters. The van der Waals surface area contributed by atoms with E-state index in [2.05, 4.69) is 5.32 Å². The van der Waals surface area contributed by atoms with Crippen LogP contribution in [0.1, 0.15) is 39.2 Å². The molecule has 0 aromatic heterocycles. The second-order valence-corrected chi connectivity index (χ2v) is 11.3. The lowest BCUT2D eigenvalue weighted by atomic mass is 9.73. The molecule has 0 aliphatic carbocycles. The maximum atomic E-state index is 14.2. The van der Waals surface area contributed by atoms with Crippen molar-refractivity contribution >= 4 is 17.6 Å². The first-order valence-electron chi connectivity index (χ1n) is 14.4. The van der Waals surface area contributed by atoms with Gasteiger partial charge in [0.05, 0.1) is 23.5 Å². The van der Waals surface area contributed by atoms with Crippen LogP contribution in [0.25, 0.3) is 0 Å². The van der Waals surface area contributed by atoms with Gasteiger partial charge in [-0.25, -0.2) is 4.79 Å². The average Bonchev–Trinajstić information content (AvgIpc) is 3.01. The molecule has 0 saturated heterocycles. The summed E-state index contributed by atoms with van der Waals surface area (Å²) in [5, 5.41) is 23.8. The second-order valence-electron chi connectivity index (χ2n) is 11.3. The molecule has 15 heteroatoms. The van der Waals surface area contributed by atoms with E-state index in [1.165, 1.54) is 19.1 Å². The molecular weight excluding hydrogens is 615 g/mol. The standard InChI is InChI=1S/C31H38F3N3O9/c1-16(2)27(35)23(38)15-44-21-9-11-22(12-10-21)46-17(3)14-45-30(40)24-18(4)36-28(31(32,33)34)26(29(39)43-5)25(24)19-7-6-8-20(13-19)37(41)42/h6-13,16-17,23,25-28,36,38H,14-15,35H2,1-5H3. The molecule has 0 bridgehead atoms. The zero-order chi connectivity index (χ0) is 34.3. The average molecular weight is 654 g/mol. The predicted octanol–water partition coefficient (Wildman–Crippen LogP) is 4.01. The van der Waals surface area contributed by atoms with Crippen LogP contribution in [0, 0.1) is 22.0 Å². The number of ether oxygens (including phenoxy) is 4. The van der Waals surface area contributed by atoms with Crippen molar-refractivity contribution in [2.45, 2.75) is 64.1 Å². The number of non-ortho nitro benzene ring substituents is 1. The number of aliphatic hydroxyl groups is 1. The van der Waals surface area contributed by atoms with Gasteiger partial charge in [-0.2, -0.15) is 13.2 Å². The molecule has 0 fully saturated rings. The number of allylic oxidation sites excluding steroid dienone is 1. The number of aliphatic hydroxyl groups excluding tert-OH is 1. The zero-order valence-corrected chi connectivity index (χ0v) is 25.9. The largest absolute Gasteiger partial charge is 0.491 e. The summed E-state index contributed by atoms with van der Waals surface area (Å²) in [5.41, 5.74) is 4.88. The first-order valence-corrected chi connectivity index (χ1v) is 14.4. The third-order valence-electron chi connectivity index (χ3n) is 7.54. The monoisotopic (exact) mass is 653 g/mol. The van der Waals surface area contributed by atoms with E-state index in [0.717, 1.165) is 19.2 Å². The summed E-state index contributed by atoms with van der Waals surface area (Å²) in [6, 6.07) is 8.20. The van der Waals surface area contributed by atoms with Crippen molar-refractivity contribution in [2.75, 3.05) is 20.3 Å². The van der Waals surface area contributed by atoms with Gasteiger partial charge in [0.1, 0.15) is 43.0 Å². The van der Waals surface area contributed by atoms with E-state index in [1.54, 1.807) is 31.2 Å². The molecule has 3 rings (SSSR count). The van der Waals surface area contributed by atoms with Gasteiger partial charge < -0.3 is 35.1 Å². The molecule has 0 radical (unpaired) electrons. The molecule has 12 nitrogen and oxygen atoms in total. The van der Waals surface area contributed by atoms with Gasteiger partial charge in [-0.15, -0.1) is 0 Å². The molecule has 2 aromatic carbocycles. The van der Waals surface area contributed by atoms with Gasteiger partial charge in [0, 0.05) is 29.8 Å². The van der Waals surface area contributed by atoms with Crippen molar-refractivity contribution in [3.05, 3.63) is 75.5 Å². The molecule has 46 heavy (non-hydrogen) atoms. The van der Waals surface area contributed by atoms with E-state index in [-0.39, 0.29) is 36.0 Å². The minimum atomic E-state index is -4.95. The molecular formula is C31H38F3N3O9.